The van der Waals surface area contributed by atoms with Gasteiger partial charge in [-0.2, -0.15) is 0 Å². The number of alkyl carbamates (subject to hydrolysis) is 1. The van der Waals surface area contributed by atoms with Gasteiger partial charge in [-0.1, -0.05) is 44.2 Å². The van der Waals surface area contributed by atoms with Crippen molar-refractivity contribution in [3.63, 3.8) is 0 Å². The molecule has 0 saturated heterocycles. The van der Waals surface area contributed by atoms with E-state index in [-0.39, 0.29) is 19.4 Å². The lowest BCUT2D eigenvalue weighted by Gasteiger charge is -2.26. The first-order valence-electron chi connectivity index (χ1n) is 10.6. The number of hydrogen-bond acceptors (Lipinski definition) is 6. The van der Waals surface area contributed by atoms with E-state index in [1.807, 2.05) is 30.3 Å². The Bertz CT molecular complexity index is 795. The Hall–Kier alpha value is -3.10. The van der Waals surface area contributed by atoms with E-state index in [9.17, 15) is 19.2 Å². The summed E-state index contributed by atoms with van der Waals surface area (Å²) in [5, 5.41) is 2.88. The van der Waals surface area contributed by atoms with Gasteiger partial charge in [-0.3, -0.25) is 14.4 Å². The van der Waals surface area contributed by atoms with E-state index in [0.29, 0.717) is 5.31 Å². The Labute approximate surface area is 184 Å². The zero-order valence-electron chi connectivity index (χ0n) is 19.7. The molecule has 1 rings (SSSR count). The lowest BCUT2D eigenvalue weighted by atomic mass is 10.0. The first-order chi connectivity index (χ1) is 14.8. The van der Waals surface area contributed by atoms with Gasteiger partial charge in [-0.25, -0.2) is 4.79 Å². The molecule has 0 aliphatic carbocycles. The number of amides is 3. The number of ether oxygens (including phenoxy) is 2. The lowest BCUT2D eigenvalue weighted by molar-refractivity contribution is -0.145. The molecule has 0 aliphatic heterocycles. The number of esters is 1. The second-order valence-electron chi connectivity index (χ2n) is 8.45. The molecule has 0 unspecified atom stereocenters. The summed E-state index contributed by atoms with van der Waals surface area (Å²) in [4.78, 5) is 48.8. The molecule has 2 atom stereocenters. The molecule has 1 aromatic rings. The van der Waals surface area contributed by atoms with Crippen molar-refractivity contribution in [2.45, 2.75) is 71.8 Å². The molecule has 0 fully saturated rings. The predicted octanol–water partition coefficient (Wildman–Crippen LogP) is 2.03. The Morgan fingerprint density at radius 3 is 2.26 bits per heavy atom. The van der Waals surface area contributed by atoms with Gasteiger partial charge in [0.25, 0.3) is 0 Å². The fourth-order valence-electron chi connectivity index (χ4n) is 2.53. The lowest BCUT2D eigenvalue weighted by Crippen LogP contribution is -2.55. The predicted molar refractivity (Wildman–Crippen MR) is 115 cm³/mol. The molecule has 0 radical (unpaired) electrons. The van der Waals surface area contributed by atoms with Crippen LogP contribution in [0.2, 0.25) is 1.41 Å². The van der Waals surface area contributed by atoms with Gasteiger partial charge in [0.05, 0.1) is 0 Å². The van der Waals surface area contributed by atoms with E-state index in [1.165, 1.54) is 0 Å². The molecule has 4 N–H and O–H groups in total. The van der Waals surface area contributed by atoms with Crippen LogP contribution in [0, 0.1) is 5.92 Å². The van der Waals surface area contributed by atoms with E-state index >= 15 is 0 Å². The summed E-state index contributed by atoms with van der Waals surface area (Å²) in [6.07, 6.45) is -1.22. The van der Waals surface area contributed by atoms with Crippen LogP contribution < -0.4 is 16.4 Å². The molecule has 172 valence electrons. The third-order valence-electron chi connectivity index (χ3n) is 4.08. The number of rotatable bonds is 10. The number of carbonyl (C=O) groups excluding carboxylic acids is 4. The van der Waals surface area contributed by atoms with Crippen molar-refractivity contribution in [3.05, 3.63) is 35.9 Å². The van der Waals surface area contributed by atoms with Gasteiger partial charge in [-0.05, 0) is 38.7 Å². The minimum atomic E-state index is -1.23. The van der Waals surface area contributed by atoms with Crippen LogP contribution in [0.4, 0.5) is 4.79 Å². The van der Waals surface area contributed by atoms with Crippen molar-refractivity contribution < 1.29 is 30.1 Å². The van der Waals surface area contributed by atoms with E-state index in [1.54, 1.807) is 34.6 Å². The van der Waals surface area contributed by atoms with Crippen LogP contribution in [-0.2, 0) is 30.5 Å². The largest absolute Gasteiger partial charge is 0.461 e. The maximum Gasteiger partial charge on any atom is 0.408 e. The molecule has 0 aliphatic rings. The maximum atomic E-state index is 12.8. The van der Waals surface area contributed by atoms with Crippen LogP contribution in [-0.4, -0.2) is 41.6 Å². The molecule has 0 heterocycles. The average Bonchev–Trinajstić information content (AvgIpc) is 2.68. The monoisotopic (exact) mass is 436 g/mol. The smallest absolute Gasteiger partial charge is 0.408 e. The van der Waals surface area contributed by atoms with E-state index < -0.39 is 47.5 Å². The Morgan fingerprint density at radius 2 is 1.74 bits per heavy atom. The molecule has 9 nitrogen and oxygen atoms in total. The summed E-state index contributed by atoms with van der Waals surface area (Å²) in [6, 6.07) is 6.71. The third kappa shape index (κ3) is 10.5. The van der Waals surface area contributed by atoms with Crippen molar-refractivity contribution in [2.24, 2.45) is 11.7 Å². The molecule has 9 heteroatoms. The highest BCUT2D eigenvalue weighted by molar-refractivity contribution is 5.91. The van der Waals surface area contributed by atoms with Crippen LogP contribution in [0.5, 0.6) is 0 Å². The summed E-state index contributed by atoms with van der Waals surface area (Å²) in [5.74, 6) is -2.59. The molecule has 0 bridgehead atoms. The number of carbonyl (C=O) groups is 4. The number of nitrogens with one attached hydrogen (secondary N) is 2. The molecule has 1 aromatic carbocycles. The van der Waals surface area contributed by atoms with Gasteiger partial charge in [0, 0.05) is 6.42 Å². The average molecular weight is 437 g/mol. The Morgan fingerprint density at radius 1 is 1.13 bits per heavy atom. The molecule has 0 saturated carbocycles. The van der Waals surface area contributed by atoms with Crippen molar-refractivity contribution >= 4 is 23.9 Å². The summed E-state index contributed by atoms with van der Waals surface area (Å²) >= 11 is 0. The second-order valence-corrected chi connectivity index (χ2v) is 8.45. The van der Waals surface area contributed by atoms with Crippen molar-refractivity contribution in [1.82, 2.24) is 10.6 Å². The number of benzene rings is 1. The third-order valence-corrected chi connectivity index (χ3v) is 4.08. The van der Waals surface area contributed by atoms with E-state index in [2.05, 4.69) is 5.32 Å². The highest BCUT2D eigenvalue weighted by Gasteiger charge is 2.30. The Balaban J connectivity index is 2.71. The normalized spacial score (nSPS) is 13.5. The van der Waals surface area contributed by atoms with Crippen LogP contribution in [0.25, 0.3) is 0 Å². The van der Waals surface area contributed by atoms with E-state index in [4.69, 9.17) is 16.6 Å². The van der Waals surface area contributed by atoms with Crippen LogP contribution >= 0.6 is 0 Å². The summed E-state index contributed by atoms with van der Waals surface area (Å²) in [5.41, 5.74) is 5.35. The van der Waals surface area contributed by atoms with Crippen LogP contribution in [0.1, 0.15) is 53.0 Å². The van der Waals surface area contributed by atoms with Gasteiger partial charge < -0.3 is 25.8 Å². The minimum Gasteiger partial charge on any atom is -0.461 e. The second kappa shape index (κ2) is 11.9. The minimum absolute atomic E-state index is 0.0794. The van der Waals surface area contributed by atoms with Gasteiger partial charge in [0.15, 0.2) is 1.41 Å². The molecule has 31 heavy (non-hydrogen) atoms. The van der Waals surface area contributed by atoms with Crippen molar-refractivity contribution in [2.75, 3.05) is 0 Å². The fourth-order valence-corrected chi connectivity index (χ4v) is 2.53. The van der Waals surface area contributed by atoms with Crippen LogP contribution in [0.15, 0.2) is 30.3 Å². The highest BCUT2D eigenvalue weighted by Crippen LogP contribution is 2.10. The van der Waals surface area contributed by atoms with Gasteiger partial charge >= 0.3 is 12.1 Å². The summed E-state index contributed by atoms with van der Waals surface area (Å²) < 4.78 is 18.3. The van der Waals surface area contributed by atoms with Gasteiger partial charge in [-0.15, -0.1) is 0 Å². The SMILES string of the molecule is [2H]N(C(=O)OC(C)(C)C)[C@H](C(=O)N[C@@H](CCC(=O)OCc1ccccc1)C(N)=O)C(C)C. The standard InChI is InChI=1S/C22H33N3O6/c1-14(2)18(25-21(29)31-22(3,4)5)20(28)24-16(19(23)27)11-12-17(26)30-13-15-9-7-6-8-10-15/h6-10,14,16,18H,11-13H2,1-5H3,(H2,23,27)(H,24,28)(H,25,29)/t16-,18-/m0/s1/i/hD. The zero-order valence-corrected chi connectivity index (χ0v) is 18.7. The Kier molecular flexibility index (Phi) is 9.30. The number of hydrogen-bond donors (Lipinski definition) is 3. The van der Waals surface area contributed by atoms with Crippen molar-refractivity contribution in [1.29, 1.82) is 0 Å². The zero-order chi connectivity index (χ0) is 24.5. The van der Waals surface area contributed by atoms with E-state index in [0.717, 1.165) is 5.56 Å². The summed E-state index contributed by atoms with van der Waals surface area (Å²) in [6.45, 7) is 8.31. The first-order valence-corrected chi connectivity index (χ1v) is 10.1. The van der Waals surface area contributed by atoms with Gasteiger partial charge in [0.2, 0.25) is 11.8 Å². The summed E-state index contributed by atoms with van der Waals surface area (Å²) in [7, 11) is 0. The number of primary amides is 1. The van der Waals surface area contributed by atoms with Crippen LogP contribution in [0.3, 0.4) is 0 Å². The topological polar surface area (TPSA) is 137 Å². The molecular formula is C22H33N3O6. The molecule has 0 spiro atoms. The van der Waals surface area contributed by atoms with Gasteiger partial charge in [0.1, 0.15) is 24.3 Å². The van der Waals surface area contributed by atoms with Crippen molar-refractivity contribution in [3.8, 4) is 0 Å². The molecular weight excluding hydrogens is 402 g/mol. The maximum absolute atomic E-state index is 12.8. The molecule has 0 aromatic heterocycles. The molecule has 3 amide bonds. The quantitative estimate of drug-likeness (QED) is 0.480. The first kappa shape index (κ1) is 24.2. The number of nitrogens with two attached hydrogens (primary N) is 1. The fraction of sp³-hybridized carbons (Fsp3) is 0.545. The highest BCUT2D eigenvalue weighted by atomic mass is 16.6.